The zero-order valence-corrected chi connectivity index (χ0v) is 14.9. The lowest BCUT2D eigenvalue weighted by Gasteiger charge is -2.31. The van der Waals surface area contributed by atoms with Crippen LogP contribution in [0.5, 0.6) is 0 Å². The maximum atomic E-state index is 12.8. The molecule has 1 amide bonds. The molecule has 0 aromatic heterocycles. The van der Waals surface area contributed by atoms with Crippen LogP contribution in [0.2, 0.25) is 0 Å². The number of carbonyl (C=O) groups excluding carboxylic acids is 1. The summed E-state index contributed by atoms with van der Waals surface area (Å²) in [5.41, 5.74) is 2.34. The quantitative estimate of drug-likeness (QED) is 0.840. The number of hydrogen-bond donors (Lipinski definition) is 1. The Hall–Kier alpha value is -1.39. The Balaban J connectivity index is 2.09. The van der Waals surface area contributed by atoms with Crippen molar-refractivity contribution < 1.29 is 9.53 Å². The van der Waals surface area contributed by atoms with Gasteiger partial charge in [0.15, 0.2) is 0 Å². The second kappa shape index (κ2) is 7.93. The largest absolute Gasteiger partial charge is 0.384 e. The fourth-order valence-corrected chi connectivity index (χ4v) is 3.72. The van der Waals surface area contributed by atoms with Gasteiger partial charge in [0.05, 0.1) is 6.61 Å². The van der Waals surface area contributed by atoms with Crippen LogP contribution >= 0.6 is 0 Å². The number of nitrogens with zero attached hydrogens (tertiary/aromatic N) is 1. The van der Waals surface area contributed by atoms with Crippen LogP contribution in [-0.4, -0.2) is 45.2 Å². The number of carbonyl (C=O) groups is 1. The average molecular weight is 318 g/mol. The van der Waals surface area contributed by atoms with Crippen molar-refractivity contribution in [3.63, 3.8) is 0 Å². The van der Waals surface area contributed by atoms with Crippen molar-refractivity contribution in [1.29, 1.82) is 0 Å². The van der Waals surface area contributed by atoms with Gasteiger partial charge in [-0.2, -0.15) is 0 Å². The Morgan fingerprint density at radius 3 is 2.52 bits per heavy atom. The van der Waals surface area contributed by atoms with Gasteiger partial charge in [-0.15, -0.1) is 0 Å². The number of likely N-dealkylation sites (N-methyl/N-ethyl adjacent to an activating group) is 1. The van der Waals surface area contributed by atoms with E-state index in [1.54, 1.807) is 7.11 Å². The molecule has 4 nitrogen and oxygen atoms in total. The summed E-state index contributed by atoms with van der Waals surface area (Å²) < 4.78 is 5.41. The van der Waals surface area contributed by atoms with Crippen molar-refractivity contribution in [3.05, 3.63) is 35.4 Å². The van der Waals surface area contributed by atoms with E-state index in [-0.39, 0.29) is 17.4 Å². The van der Waals surface area contributed by atoms with E-state index in [9.17, 15) is 4.79 Å². The van der Waals surface area contributed by atoms with Gasteiger partial charge in [-0.25, -0.2) is 0 Å². The molecule has 0 radical (unpaired) electrons. The van der Waals surface area contributed by atoms with Crippen LogP contribution in [0.3, 0.4) is 0 Å². The Morgan fingerprint density at radius 1 is 1.30 bits per heavy atom. The SMILES string of the molecule is COCC1(CNC(=O)C(c2ccccc2C)N(C)C)CCCC1. The van der Waals surface area contributed by atoms with E-state index < -0.39 is 0 Å². The van der Waals surface area contributed by atoms with Crippen molar-refractivity contribution in [2.45, 2.75) is 38.6 Å². The molecule has 1 N–H and O–H groups in total. The normalized spacial score (nSPS) is 18.1. The van der Waals surface area contributed by atoms with Crippen LogP contribution in [-0.2, 0) is 9.53 Å². The number of aryl methyl sites for hydroxylation is 1. The first-order valence-corrected chi connectivity index (χ1v) is 8.48. The number of hydrogen-bond acceptors (Lipinski definition) is 3. The van der Waals surface area contributed by atoms with Crippen LogP contribution in [0.1, 0.15) is 42.9 Å². The van der Waals surface area contributed by atoms with E-state index in [1.807, 2.05) is 37.2 Å². The zero-order chi connectivity index (χ0) is 16.9. The minimum absolute atomic E-state index is 0.0756. The molecular weight excluding hydrogens is 288 g/mol. The van der Waals surface area contributed by atoms with Crippen LogP contribution in [0.4, 0.5) is 0 Å². The lowest BCUT2D eigenvalue weighted by molar-refractivity contribution is -0.126. The van der Waals surface area contributed by atoms with E-state index in [4.69, 9.17) is 4.74 Å². The van der Waals surface area contributed by atoms with E-state index in [0.29, 0.717) is 6.54 Å². The van der Waals surface area contributed by atoms with Crippen LogP contribution in [0.25, 0.3) is 0 Å². The van der Waals surface area contributed by atoms with Gasteiger partial charge in [0.25, 0.3) is 0 Å². The Morgan fingerprint density at radius 2 is 1.96 bits per heavy atom. The zero-order valence-electron chi connectivity index (χ0n) is 14.9. The Labute approximate surface area is 140 Å². The molecule has 1 unspecified atom stereocenters. The standard InChI is InChI=1S/C19H30N2O2/c1-15-9-5-6-10-16(15)17(21(2)3)18(22)20-13-19(14-23-4)11-7-8-12-19/h5-6,9-10,17H,7-8,11-14H2,1-4H3,(H,20,22). The topological polar surface area (TPSA) is 41.6 Å². The van der Waals surface area contributed by atoms with E-state index >= 15 is 0 Å². The van der Waals surface area contributed by atoms with Gasteiger partial charge >= 0.3 is 0 Å². The minimum Gasteiger partial charge on any atom is -0.384 e. The molecular formula is C19H30N2O2. The first-order chi connectivity index (χ1) is 11.0. The summed E-state index contributed by atoms with van der Waals surface area (Å²) in [7, 11) is 5.66. The lowest BCUT2D eigenvalue weighted by atomic mass is 9.87. The second-order valence-corrected chi connectivity index (χ2v) is 7.08. The molecule has 23 heavy (non-hydrogen) atoms. The predicted molar refractivity (Wildman–Crippen MR) is 93.4 cm³/mol. The van der Waals surface area contributed by atoms with Crippen molar-refractivity contribution in [2.75, 3.05) is 34.4 Å². The van der Waals surface area contributed by atoms with Gasteiger partial charge in [0.1, 0.15) is 6.04 Å². The molecule has 1 fully saturated rings. The Kier molecular flexibility index (Phi) is 6.19. The number of nitrogens with one attached hydrogen (secondary N) is 1. The molecule has 4 heteroatoms. The fraction of sp³-hybridized carbons (Fsp3) is 0.632. The van der Waals surface area contributed by atoms with Crippen molar-refractivity contribution in [1.82, 2.24) is 10.2 Å². The first-order valence-electron chi connectivity index (χ1n) is 8.48. The van der Waals surface area contributed by atoms with Gasteiger partial charge in [-0.1, -0.05) is 37.1 Å². The highest BCUT2D eigenvalue weighted by atomic mass is 16.5. The highest BCUT2D eigenvalue weighted by molar-refractivity contribution is 5.83. The molecule has 0 spiro atoms. The van der Waals surface area contributed by atoms with Gasteiger partial charge < -0.3 is 10.1 Å². The molecule has 1 aliphatic carbocycles. The summed E-state index contributed by atoms with van der Waals surface area (Å²) in [5, 5.41) is 3.20. The van der Waals surface area contributed by atoms with E-state index in [1.165, 1.54) is 12.8 Å². The van der Waals surface area contributed by atoms with E-state index in [0.717, 1.165) is 30.6 Å². The number of ether oxygens (including phenoxy) is 1. The molecule has 1 aromatic rings. The molecule has 0 heterocycles. The molecule has 1 aliphatic rings. The van der Waals surface area contributed by atoms with Crippen LogP contribution in [0.15, 0.2) is 24.3 Å². The molecule has 2 rings (SSSR count). The van der Waals surface area contributed by atoms with Gasteiger partial charge in [0, 0.05) is 19.1 Å². The maximum absolute atomic E-state index is 12.8. The molecule has 1 atom stereocenters. The van der Waals surface area contributed by atoms with Crippen molar-refractivity contribution in [3.8, 4) is 0 Å². The third kappa shape index (κ3) is 4.33. The summed E-state index contributed by atoms with van der Waals surface area (Å²) in [5.74, 6) is 0.0756. The van der Waals surface area contributed by atoms with Crippen molar-refractivity contribution >= 4 is 5.91 Å². The summed E-state index contributed by atoms with van der Waals surface area (Å²) in [6.45, 7) is 3.49. The second-order valence-electron chi connectivity index (χ2n) is 7.08. The maximum Gasteiger partial charge on any atom is 0.241 e. The minimum atomic E-state index is -0.253. The summed E-state index contributed by atoms with van der Waals surface area (Å²) in [6.07, 6.45) is 4.73. The highest BCUT2D eigenvalue weighted by Crippen LogP contribution is 2.37. The molecule has 1 aromatic carbocycles. The van der Waals surface area contributed by atoms with Gasteiger partial charge in [0.2, 0.25) is 5.91 Å². The number of rotatable bonds is 7. The molecule has 1 saturated carbocycles. The smallest absolute Gasteiger partial charge is 0.241 e. The van der Waals surface area contributed by atoms with Gasteiger partial charge in [-0.3, -0.25) is 9.69 Å². The van der Waals surface area contributed by atoms with Crippen molar-refractivity contribution in [2.24, 2.45) is 5.41 Å². The Bertz CT molecular complexity index is 522. The fourth-order valence-electron chi connectivity index (χ4n) is 3.72. The molecule has 0 saturated heterocycles. The average Bonchev–Trinajstić information content (AvgIpc) is 2.96. The number of amides is 1. The third-order valence-corrected chi connectivity index (χ3v) is 5.00. The third-order valence-electron chi connectivity index (χ3n) is 5.00. The number of methoxy groups -OCH3 is 1. The summed E-state index contributed by atoms with van der Waals surface area (Å²) in [6, 6.07) is 7.85. The van der Waals surface area contributed by atoms with Gasteiger partial charge in [-0.05, 0) is 45.0 Å². The van der Waals surface area contributed by atoms with Crippen LogP contribution in [0, 0.1) is 12.3 Å². The highest BCUT2D eigenvalue weighted by Gasteiger charge is 2.35. The molecule has 128 valence electrons. The molecule has 0 aliphatic heterocycles. The lowest BCUT2D eigenvalue weighted by Crippen LogP contribution is -2.43. The first kappa shape index (κ1) is 18.0. The molecule has 0 bridgehead atoms. The number of benzene rings is 1. The van der Waals surface area contributed by atoms with E-state index in [2.05, 4.69) is 18.3 Å². The monoisotopic (exact) mass is 318 g/mol. The summed E-state index contributed by atoms with van der Waals surface area (Å²) >= 11 is 0. The predicted octanol–water partition coefficient (Wildman–Crippen LogP) is 2.92. The summed E-state index contributed by atoms with van der Waals surface area (Å²) in [4.78, 5) is 14.8. The van der Waals surface area contributed by atoms with Crippen LogP contribution < -0.4 is 5.32 Å².